The van der Waals surface area contributed by atoms with Crippen LogP contribution in [-0.2, 0) is 13.0 Å². The summed E-state index contributed by atoms with van der Waals surface area (Å²) in [5, 5.41) is 5.00. The third kappa shape index (κ3) is 4.97. The first kappa shape index (κ1) is 22.2. The van der Waals surface area contributed by atoms with Gasteiger partial charge >= 0.3 is 0 Å². The molecule has 1 saturated heterocycles. The van der Waals surface area contributed by atoms with Crippen molar-refractivity contribution in [2.24, 2.45) is 4.99 Å². The van der Waals surface area contributed by atoms with E-state index >= 15 is 0 Å². The molecule has 1 N–H and O–H groups in total. The molecule has 2 aliphatic rings. The van der Waals surface area contributed by atoms with Crippen molar-refractivity contribution in [1.82, 2.24) is 19.6 Å². The van der Waals surface area contributed by atoms with Crippen LogP contribution in [0.5, 0.6) is 11.5 Å². The van der Waals surface area contributed by atoms with E-state index in [9.17, 15) is 0 Å². The fraction of sp³-hybridized carbons (Fsp3) is 0.500. The quantitative estimate of drug-likeness (QED) is 0.356. The minimum atomic E-state index is 0. The highest BCUT2D eigenvalue weighted by Gasteiger charge is 2.23. The Morgan fingerprint density at radius 3 is 2.76 bits per heavy atom. The van der Waals surface area contributed by atoms with Crippen molar-refractivity contribution in [3.05, 3.63) is 28.5 Å². The van der Waals surface area contributed by atoms with Gasteiger partial charge in [-0.25, -0.2) is 4.98 Å². The third-order valence-corrected chi connectivity index (χ3v) is 5.87. The van der Waals surface area contributed by atoms with Gasteiger partial charge in [-0.1, -0.05) is 18.5 Å². The molecule has 1 aromatic carbocycles. The summed E-state index contributed by atoms with van der Waals surface area (Å²) < 4.78 is 15.2. The Morgan fingerprint density at radius 2 is 2.07 bits per heavy atom. The van der Waals surface area contributed by atoms with Crippen LogP contribution in [0.15, 0.2) is 17.1 Å². The number of anilines is 1. The number of aryl methyl sites for hydroxylation is 1. The second-order valence-electron chi connectivity index (χ2n) is 6.53. The van der Waals surface area contributed by atoms with Gasteiger partial charge in [0.2, 0.25) is 11.9 Å². The molecule has 0 bridgehead atoms. The van der Waals surface area contributed by atoms with Crippen LogP contribution in [0.1, 0.15) is 18.3 Å². The van der Waals surface area contributed by atoms with Gasteiger partial charge in [-0.15, -0.1) is 24.0 Å². The Bertz CT molecular complexity index is 872. The molecule has 0 unspecified atom stereocenters. The summed E-state index contributed by atoms with van der Waals surface area (Å²) in [6.07, 6.45) is 0.872. The van der Waals surface area contributed by atoms with Gasteiger partial charge in [-0.3, -0.25) is 4.99 Å². The lowest BCUT2D eigenvalue weighted by molar-refractivity contribution is 0.174. The van der Waals surface area contributed by atoms with Crippen molar-refractivity contribution in [3.63, 3.8) is 0 Å². The summed E-state index contributed by atoms with van der Waals surface area (Å²) in [4.78, 5) is 13.6. The first-order chi connectivity index (χ1) is 13.7. The van der Waals surface area contributed by atoms with Crippen LogP contribution in [0.3, 0.4) is 0 Å². The standard InChI is InChI=1S/C18H23ClN6O2S.HI/c1-3-15-22-18(28-23-15)25-6-4-24(5-7-25)17(20-2)21-10-12-8-13(19)16-14(9-12)26-11-27-16;/h8-9H,3-7,10-11H2,1-2H3,(H,20,21);1H. The van der Waals surface area contributed by atoms with Crippen molar-refractivity contribution in [3.8, 4) is 11.5 Å². The number of hydrogen-bond acceptors (Lipinski definition) is 7. The summed E-state index contributed by atoms with van der Waals surface area (Å²) in [6.45, 7) is 6.45. The Morgan fingerprint density at radius 1 is 1.28 bits per heavy atom. The molecule has 0 atom stereocenters. The molecule has 0 amide bonds. The number of nitrogens with zero attached hydrogens (tertiary/aromatic N) is 5. The van der Waals surface area contributed by atoms with Gasteiger partial charge in [0.1, 0.15) is 5.82 Å². The maximum Gasteiger partial charge on any atom is 0.231 e. The lowest BCUT2D eigenvalue weighted by Crippen LogP contribution is -2.52. The van der Waals surface area contributed by atoms with Gasteiger partial charge in [0.05, 0.1) is 5.02 Å². The second kappa shape index (κ2) is 9.98. The molecule has 2 aromatic rings. The molecule has 3 heterocycles. The van der Waals surface area contributed by atoms with Crippen molar-refractivity contribution in [2.75, 3.05) is 44.9 Å². The molecule has 1 aromatic heterocycles. The molecule has 0 aliphatic carbocycles. The molecule has 1 fully saturated rings. The summed E-state index contributed by atoms with van der Waals surface area (Å²) >= 11 is 7.75. The summed E-state index contributed by atoms with van der Waals surface area (Å²) in [5.74, 6) is 3.10. The number of guanidine groups is 1. The molecule has 29 heavy (non-hydrogen) atoms. The van der Waals surface area contributed by atoms with Gasteiger partial charge < -0.3 is 24.6 Å². The van der Waals surface area contributed by atoms with Crippen LogP contribution in [0, 0.1) is 0 Å². The molecule has 11 heteroatoms. The van der Waals surface area contributed by atoms with Gasteiger partial charge in [0.25, 0.3) is 0 Å². The minimum absolute atomic E-state index is 0. The van der Waals surface area contributed by atoms with E-state index in [4.69, 9.17) is 21.1 Å². The predicted molar refractivity (Wildman–Crippen MR) is 126 cm³/mol. The number of hydrogen-bond donors (Lipinski definition) is 1. The molecule has 158 valence electrons. The summed E-state index contributed by atoms with van der Waals surface area (Å²) in [5.41, 5.74) is 1.02. The van der Waals surface area contributed by atoms with E-state index < -0.39 is 0 Å². The molecule has 0 saturated carbocycles. The Hall–Kier alpha value is -1.53. The van der Waals surface area contributed by atoms with E-state index in [0.29, 0.717) is 23.1 Å². The first-order valence-corrected chi connectivity index (χ1v) is 10.4. The van der Waals surface area contributed by atoms with Gasteiger partial charge in [0.15, 0.2) is 17.5 Å². The molecular weight excluding hydrogens is 527 g/mol. The van der Waals surface area contributed by atoms with Gasteiger partial charge in [-0.05, 0) is 17.7 Å². The summed E-state index contributed by atoms with van der Waals surface area (Å²) in [7, 11) is 1.81. The maximum absolute atomic E-state index is 6.27. The van der Waals surface area contributed by atoms with Crippen LogP contribution < -0.4 is 19.7 Å². The van der Waals surface area contributed by atoms with Crippen molar-refractivity contribution >= 4 is 58.2 Å². The molecule has 4 rings (SSSR count). The highest BCUT2D eigenvalue weighted by atomic mass is 127. The largest absolute Gasteiger partial charge is 0.454 e. The van der Waals surface area contributed by atoms with Crippen LogP contribution >= 0.6 is 47.1 Å². The number of aliphatic imine (C=N–C) groups is 1. The first-order valence-electron chi connectivity index (χ1n) is 9.29. The van der Waals surface area contributed by atoms with E-state index in [0.717, 1.165) is 55.1 Å². The fourth-order valence-electron chi connectivity index (χ4n) is 3.26. The normalized spacial score (nSPS) is 16.0. The Labute approximate surface area is 196 Å². The van der Waals surface area contributed by atoms with Crippen molar-refractivity contribution in [1.29, 1.82) is 0 Å². The van der Waals surface area contributed by atoms with Gasteiger partial charge in [0, 0.05) is 57.7 Å². The molecule has 2 aliphatic heterocycles. The lowest BCUT2D eigenvalue weighted by atomic mass is 10.2. The number of fused-ring (bicyclic) bond motifs is 1. The SMILES string of the molecule is CCc1nsc(N2CCN(C(=NC)NCc3cc(Cl)c4c(c3)OCO4)CC2)n1.I. The van der Waals surface area contributed by atoms with E-state index in [1.807, 2.05) is 12.1 Å². The topological polar surface area (TPSA) is 75.1 Å². The van der Waals surface area contributed by atoms with Crippen molar-refractivity contribution in [2.45, 2.75) is 19.9 Å². The Balaban J connectivity index is 0.00000240. The van der Waals surface area contributed by atoms with E-state index in [-0.39, 0.29) is 30.8 Å². The molecule has 0 radical (unpaired) electrons. The average Bonchev–Trinajstić information content (AvgIpc) is 3.38. The minimum Gasteiger partial charge on any atom is -0.454 e. The van der Waals surface area contributed by atoms with Crippen molar-refractivity contribution < 1.29 is 9.47 Å². The lowest BCUT2D eigenvalue weighted by Gasteiger charge is -2.36. The number of aromatic nitrogens is 2. The van der Waals surface area contributed by atoms with E-state index in [1.54, 1.807) is 7.05 Å². The third-order valence-electron chi connectivity index (χ3n) is 4.77. The smallest absolute Gasteiger partial charge is 0.231 e. The highest BCUT2D eigenvalue weighted by Crippen LogP contribution is 2.39. The number of piperazine rings is 1. The highest BCUT2D eigenvalue weighted by molar-refractivity contribution is 14.0. The van der Waals surface area contributed by atoms with Crippen LogP contribution in [-0.4, -0.2) is 60.2 Å². The maximum atomic E-state index is 6.27. The number of ether oxygens (including phenoxy) is 2. The molecular formula is C18H24ClIN6O2S. The van der Waals surface area contributed by atoms with Crippen LogP contribution in [0.2, 0.25) is 5.02 Å². The zero-order chi connectivity index (χ0) is 19.5. The zero-order valence-electron chi connectivity index (χ0n) is 16.4. The van der Waals surface area contributed by atoms with Gasteiger partial charge in [-0.2, -0.15) is 4.37 Å². The monoisotopic (exact) mass is 550 g/mol. The van der Waals surface area contributed by atoms with Crippen LogP contribution in [0.4, 0.5) is 5.13 Å². The molecule has 8 nitrogen and oxygen atoms in total. The number of benzene rings is 1. The zero-order valence-corrected chi connectivity index (χ0v) is 20.3. The second-order valence-corrected chi connectivity index (χ2v) is 7.67. The average molecular weight is 551 g/mol. The number of rotatable bonds is 4. The number of halogens is 2. The predicted octanol–water partition coefficient (Wildman–Crippen LogP) is 3.00. The van der Waals surface area contributed by atoms with E-state index in [2.05, 4.69) is 36.4 Å². The summed E-state index contributed by atoms with van der Waals surface area (Å²) in [6, 6.07) is 3.85. The molecule has 0 spiro atoms. The number of nitrogens with one attached hydrogen (secondary N) is 1. The Kier molecular flexibility index (Phi) is 7.63. The van der Waals surface area contributed by atoms with E-state index in [1.165, 1.54) is 11.5 Å². The van der Waals surface area contributed by atoms with Crippen LogP contribution in [0.25, 0.3) is 0 Å². The fourth-order valence-corrected chi connectivity index (χ4v) is 4.35.